The quantitative estimate of drug-likeness (QED) is 0.639. The normalized spacial score (nSPS) is 33.5. The largest absolute Gasteiger partial charge is 0.314 e. The summed E-state index contributed by atoms with van der Waals surface area (Å²) >= 11 is 0. The maximum absolute atomic E-state index is 3.72. The third kappa shape index (κ3) is 3.91. The van der Waals surface area contributed by atoms with Gasteiger partial charge in [-0.25, -0.2) is 5.01 Å². The second-order valence-electron chi connectivity index (χ2n) is 6.50. The number of nitrogens with zero attached hydrogens (tertiary/aromatic N) is 1. The topological polar surface area (TPSA) is 39.3 Å². The van der Waals surface area contributed by atoms with E-state index in [1.165, 1.54) is 77.4 Å². The van der Waals surface area contributed by atoms with E-state index in [0.29, 0.717) is 12.2 Å². The first-order valence-electron chi connectivity index (χ1n) is 8.41. The first-order chi connectivity index (χ1) is 9.42. The van der Waals surface area contributed by atoms with E-state index in [1.807, 2.05) is 0 Å². The Morgan fingerprint density at radius 2 is 1.95 bits per heavy atom. The highest BCUT2D eigenvalue weighted by Gasteiger charge is 2.28. The average molecular weight is 266 g/mol. The van der Waals surface area contributed by atoms with Crippen molar-refractivity contribution >= 4 is 0 Å². The van der Waals surface area contributed by atoms with Crippen LogP contribution in [-0.2, 0) is 0 Å². The number of hydrazine groups is 1. The minimum Gasteiger partial charge on any atom is -0.314 e. The molecule has 0 bridgehead atoms. The molecular weight excluding hydrogens is 236 g/mol. The Morgan fingerprint density at radius 3 is 2.74 bits per heavy atom. The summed E-state index contributed by atoms with van der Waals surface area (Å²) in [5, 5.41) is 9.74. The van der Waals surface area contributed by atoms with E-state index in [0.717, 1.165) is 6.04 Å². The van der Waals surface area contributed by atoms with Crippen LogP contribution in [0.15, 0.2) is 0 Å². The predicted molar refractivity (Wildman–Crippen MR) is 78.8 cm³/mol. The Morgan fingerprint density at radius 1 is 1.05 bits per heavy atom. The second kappa shape index (κ2) is 7.02. The molecule has 3 rings (SSSR count). The molecule has 2 heterocycles. The average Bonchev–Trinajstić information content (AvgIpc) is 3.15. The van der Waals surface area contributed by atoms with Crippen molar-refractivity contribution in [2.45, 2.75) is 76.0 Å². The van der Waals surface area contributed by atoms with Gasteiger partial charge in [0.05, 0.1) is 6.17 Å². The minimum absolute atomic E-state index is 0.599. The summed E-state index contributed by atoms with van der Waals surface area (Å²) in [7, 11) is 0. The predicted octanol–water partition coefficient (Wildman–Crippen LogP) is 1.59. The van der Waals surface area contributed by atoms with Crippen molar-refractivity contribution in [2.75, 3.05) is 19.6 Å². The number of hydrogen-bond donors (Lipinski definition) is 3. The van der Waals surface area contributed by atoms with Crippen LogP contribution in [0, 0.1) is 0 Å². The number of hydrogen-bond acceptors (Lipinski definition) is 4. The van der Waals surface area contributed by atoms with Gasteiger partial charge >= 0.3 is 0 Å². The van der Waals surface area contributed by atoms with Gasteiger partial charge in [0.2, 0.25) is 0 Å². The van der Waals surface area contributed by atoms with Gasteiger partial charge in [-0.15, -0.1) is 0 Å². The highest BCUT2D eigenvalue weighted by Crippen LogP contribution is 2.19. The SMILES string of the molecule is C1CCC(NCCCC2CCN([C@@H]3CCCN3)N2)C1. The van der Waals surface area contributed by atoms with Crippen LogP contribution in [0.5, 0.6) is 0 Å². The van der Waals surface area contributed by atoms with E-state index < -0.39 is 0 Å². The Labute approximate surface area is 117 Å². The van der Waals surface area contributed by atoms with Gasteiger partial charge in [-0.3, -0.25) is 5.43 Å². The van der Waals surface area contributed by atoms with Crippen molar-refractivity contribution in [3.8, 4) is 0 Å². The summed E-state index contributed by atoms with van der Waals surface area (Å²) < 4.78 is 0. The van der Waals surface area contributed by atoms with Crippen molar-refractivity contribution in [2.24, 2.45) is 0 Å². The molecule has 1 aliphatic carbocycles. The van der Waals surface area contributed by atoms with E-state index in [2.05, 4.69) is 21.1 Å². The molecule has 0 aromatic carbocycles. The van der Waals surface area contributed by atoms with E-state index >= 15 is 0 Å². The fourth-order valence-electron chi connectivity index (χ4n) is 3.83. The summed E-state index contributed by atoms with van der Waals surface area (Å²) in [6, 6.07) is 1.54. The molecule has 0 radical (unpaired) electrons. The molecule has 3 fully saturated rings. The lowest BCUT2D eigenvalue weighted by atomic mass is 10.1. The Hall–Kier alpha value is -0.160. The van der Waals surface area contributed by atoms with Gasteiger partial charge in [0.15, 0.2) is 0 Å². The summed E-state index contributed by atoms with van der Waals surface area (Å²) in [5.41, 5.74) is 3.70. The lowest BCUT2D eigenvalue weighted by Gasteiger charge is -2.24. The molecule has 0 aromatic rings. The third-order valence-electron chi connectivity index (χ3n) is 4.99. The first-order valence-corrected chi connectivity index (χ1v) is 8.41. The van der Waals surface area contributed by atoms with E-state index in [1.54, 1.807) is 0 Å². The van der Waals surface area contributed by atoms with Crippen LogP contribution in [0.1, 0.15) is 57.8 Å². The van der Waals surface area contributed by atoms with Crippen LogP contribution >= 0.6 is 0 Å². The van der Waals surface area contributed by atoms with Gasteiger partial charge in [0, 0.05) is 18.6 Å². The molecule has 110 valence electrons. The van der Waals surface area contributed by atoms with Crippen LogP contribution in [0.25, 0.3) is 0 Å². The third-order valence-corrected chi connectivity index (χ3v) is 4.99. The smallest absolute Gasteiger partial charge is 0.0733 e. The minimum atomic E-state index is 0.599. The summed E-state index contributed by atoms with van der Waals surface area (Å²) in [6.45, 7) is 3.63. The molecule has 19 heavy (non-hydrogen) atoms. The zero-order chi connectivity index (χ0) is 12.9. The molecule has 3 aliphatic rings. The van der Waals surface area contributed by atoms with E-state index in [9.17, 15) is 0 Å². The van der Waals surface area contributed by atoms with Gasteiger partial charge in [0.1, 0.15) is 0 Å². The fourth-order valence-corrected chi connectivity index (χ4v) is 3.83. The Bertz CT molecular complexity index is 259. The van der Waals surface area contributed by atoms with E-state index in [-0.39, 0.29) is 0 Å². The Balaban J connectivity index is 1.26. The maximum atomic E-state index is 3.72. The molecule has 2 aliphatic heterocycles. The molecule has 2 saturated heterocycles. The van der Waals surface area contributed by atoms with Crippen molar-refractivity contribution in [1.82, 2.24) is 21.1 Å². The number of rotatable bonds is 6. The van der Waals surface area contributed by atoms with Crippen LogP contribution < -0.4 is 16.1 Å². The van der Waals surface area contributed by atoms with Gasteiger partial charge in [-0.1, -0.05) is 12.8 Å². The molecule has 4 nitrogen and oxygen atoms in total. The molecular formula is C15H30N4. The maximum Gasteiger partial charge on any atom is 0.0733 e. The molecule has 0 spiro atoms. The molecule has 2 atom stereocenters. The molecule has 0 aromatic heterocycles. The molecule has 4 heteroatoms. The highest BCUT2D eigenvalue weighted by molar-refractivity contribution is 4.82. The van der Waals surface area contributed by atoms with Gasteiger partial charge in [0.25, 0.3) is 0 Å². The fraction of sp³-hybridized carbons (Fsp3) is 1.00. The van der Waals surface area contributed by atoms with E-state index in [4.69, 9.17) is 0 Å². The lowest BCUT2D eigenvalue weighted by molar-refractivity contribution is 0.147. The Kier molecular flexibility index (Phi) is 5.10. The zero-order valence-corrected chi connectivity index (χ0v) is 12.2. The monoisotopic (exact) mass is 266 g/mol. The zero-order valence-electron chi connectivity index (χ0n) is 12.2. The summed E-state index contributed by atoms with van der Waals surface area (Å²) in [5.74, 6) is 0. The highest BCUT2D eigenvalue weighted by atomic mass is 15.6. The van der Waals surface area contributed by atoms with Crippen molar-refractivity contribution in [1.29, 1.82) is 0 Å². The number of nitrogens with one attached hydrogen (secondary N) is 3. The van der Waals surface area contributed by atoms with Crippen LogP contribution in [0.3, 0.4) is 0 Å². The second-order valence-corrected chi connectivity index (χ2v) is 6.50. The van der Waals surface area contributed by atoms with Gasteiger partial charge in [-0.05, 0) is 58.0 Å². The molecule has 1 saturated carbocycles. The molecule has 0 amide bonds. The summed E-state index contributed by atoms with van der Waals surface area (Å²) in [4.78, 5) is 0. The van der Waals surface area contributed by atoms with Crippen molar-refractivity contribution in [3.05, 3.63) is 0 Å². The van der Waals surface area contributed by atoms with Gasteiger partial charge in [-0.2, -0.15) is 0 Å². The van der Waals surface area contributed by atoms with Crippen LogP contribution in [0.2, 0.25) is 0 Å². The molecule has 1 unspecified atom stereocenters. The first kappa shape index (κ1) is 13.8. The standard InChI is InChI=1S/C15H30N4/c1-2-6-13(5-1)16-10-3-7-14-9-12-19(18-14)15-8-4-11-17-15/h13-18H,1-12H2/t14?,15-/m1/s1. The van der Waals surface area contributed by atoms with Crippen molar-refractivity contribution < 1.29 is 0 Å². The van der Waals surface area contributed by atoms with Crippen molar-refractivity contribution in [3.63, 3.8) is 0 Å². The summed E-state index contributed by atoms with van der Waals surface area (Å²) in [6.07, 6.45) is 12.9. The van der Waals surface area contributed by atoms with Crippen LogP contribution in [0.4, 0.5) is 0 Å². The lowest BCUT2D eigenvalue weighted by Crippen LogP contribution is -2.47. The van der Waals surface area contributed by atoms with Gasteiger partial charge < -0.3 is 10.6 Å². The van der Waals surface area contributed by atoms with Crippen LogP contribution in [-0.4, -0.2) is 42.9 Å². The molecule has 3 N–H and O–H groups in total.